The van der Waals surface area contributed by atoms with Gasteiger partial charge in [-0.2, -0.15) is 4.31 Å². The highest BCUT2D eigenvalue weighted by Gasteiger charge is 2.29. The molecule has 9 nitrogen and oxygen atoms in total. The lowest BCUT2D eigenvalue weighted by Gasteiger charge is -2.35. The molecule has 1 saturated carbocycles. The molecule has 0 amide bonds. The largest absolute Gasteiger partial charge is 0.378 e. The molecule has 170 valence electrons. The summed E-state index contributed by atoms with van der Waals surface area (Å²) in [5.41, 5.74) is 0.433. The van der Waals surface area contributed by atoms with E-state index in [1.165, 1.54) is 42.7 Å². The molecule has 1 aliphatic carbocycles. The van der Waals surface area contributed by atoms with Crippen molar-refractivity contribution in [2.75, 3.05) is 45.9 Å². The van der Waals surface area contributed by atoms with Gasteiger partial charge in [0.1, 0.15) is 12.0 Å². The molecule has 2 fully saturated rings. The van der Waals surface area contributed by atoms with Gasteiger partial charge in [-0.3, -0.25) is 4.99 Å². The summed E-state index contributed by atoms with van der Waals surface area (Å²) in [5.74, 6) is 0.724. The minimum Gasteiger partial charge on any atom is -0.378 e. The first kappa shape index (κ1) is 23.0. The van der Waals surface area contributed by atoms with E-state index in [1.54, 1.807) is 6.07 Å². The summed E-state index contributed by atoms with van der Waals surface area (Å²) in [6, 6.07) is 1.59. The first-order chi connectivity index (χ1) is 14.6. The van der Waals surface area contributed by atoms with E-state index in [0.717, 1.165) is 25.5 Å². The highest BCUT2D eigenvalue weighted by molar-refractivity contribution is 7.88. The van der Waals surface area contributed by atoms with Gasteiger partial charge >= 0.3 is 0 Å². The van der Waals surface area contributed by atoms with Gasteiger partial charge in [-0.1, -0.05) is 24.4 Å². The lowest BCUT2D eigenvalue weighted by atomic mass is 9.98. The summed E-state index contributed by atoms with van der Waals surface area (Å²) < 4.78 is 37.4. The van der Waals surface area contributed by atoms with Crippen molar-refractivity contribution < 1.29 is 17.7 Å². The molecule has 10 heteroatoms. The van der Waals surface area contributed by atoms with E-state index >= 15 is 0 Å². The van der Waals surface area contributed by atoms with Crippen LogP contribution < -0.4 is 5.32 Å². The molecule has 0 spiro atoms. The maximum absolute atomic E-state index is 12.6. The van der Waals surface area contributed by atoms with Crippen molar-refractivity contribution in [1.82, 2.24) is 19.7 Å². The van der Waals surface area contributed by atoms with Gasteiger partial charge in [0.2, 0.25) is 10.0 Å². The molecule has 0 atom stereocenters. The Bertz CT molecular complexity index is 739. The Balaban J connectivity index is 1.43. The van der Waals surface area contributed by atoms with Gasteiger partial charge in [-0.05, 0) is 26.2 Å². The summed E-state index contributed by atoms with van der Waals surface area (Å²) in [5, 5.41) is 7.04. The van der Waals surface area contributed by atoms with Gasteiger partial charge in [0.25, 0.3) is 0 Å². The predicted molar refractivity (Wildman–Crippen MR) is 116 cm³/mol. The third-order valence-corrected chi connectivity index (χ3v) is 7.37. The van der Waals surface area contributed by atoms with Crippen LogP contribution in [0, 0.1) is 0 Å². The molecule has 0 unspecified atom stereocenters. The van der Waals surface area contributed by atoms with Gasteiger partial charge < -0.3 is 19.5 Å². The Morgan fingerprint density at radius 3 is 2.70 bits per heavy atom. The van der Waals surface area contributed by atoms with Crippen LogP contribution in [0.5, 0.6) is 0 Å². The number of guanidine groups is 1. The van der Waals surface area contributed by atoms with Crippen molar-refractivity contribution in [2.24, 2.45) is 4.99 Å². The molecule has 1 aromatic rings. The minimum absolute atomic E-state index is 0.126. The number of hydrogen-bond acceptors (Lipinski definition) is 6. The highest BCUT2D eigenvalue weighted by atomic mass is 32.2. The molecule has 2 aliphatic rings. The molecule has 0 radical (unpaired) electrons. The van der Waals surface area contributed by atoms with Crippen LogP contribution >= 0.6 is 0 Å². The first-order valence-electron chi connectivity index (χ1n) is 11.1. The van der Waals surface area contributed by atoms with Crippen molar-refractivity contribution in [2.45, 2.75) is 57.3 Å². The fourth-order valence-corrected chi connectivity index (χ4v) is 5.35. The Labute approximate surface area is 179 Å². The molecule has 1 aliphatic heterocycles. The van der Waals surface area contributed by atoms with Crippen molar-refractivity contribution in [1.29, 1.82) is 0 Å². The number of sulfonamides is 1. The van der Waals surface area contributed by atoms with E-state index < -0.39 is 10.0 Å². The first-order valence-corrected chi connectivity index (χ1v) is 12.7. The summed E-state index contributed by atoms with van der Waals surface area (Å²) in [7, 11) is -3.40. The zero-order valence-electron chi connectivity index (χ0n) is 18.0. The average molecular weight is 442 g/mol. The normalized spacial score (nSPS) is 19.9. The van der Waals surface area contributed by atoms with Gasteiger partial charge in [-0.15, -0.1) is 0 Å². The third kappa shape index (κ3) is 6.95. The fraction of sp³-hybridized carbons (Fsp3) is 0.800. The van der Waals surface area contributed by atoms with Crippen LogP contribution in [0.2, 0.25) is 0 Å². The second kappa shape index (κ2) is 11.7. The molecule has 3 rings (SSSR count). The van der Waals surface area contributed by atoms with Crippen molar-refractivity contribution in [3.63, 3.8) is 0 Å². The number of aromatic nitrogens is 1. The zero-order valence-corrected chi connectivity index (χ0v) is 18.8. The van der Waals surface area contributed by atoms with Crippen molar-refractivity contribution in [3.05, 3.63) is 18.0 Å². The monoisotopic (exact) mass is 441 g/mol. The SMILES string of the molecule is CCNC(=NCCCOC1CCCCC1)N1CCN(S(=O)(=O)Cc2ccon2)CC1. The van der Waals surface area contributed by atoms with Crippen LogP contribution in [0.1, 0.15) is 51.1 Å². The van der Waals surface area contributed by atoms with E-state index in [4.69, 9.17) is 14.3 Å². The molecule has 1 aromatic heterocycles. The van der Waals surface area contributed by atoms with E-state index in [2.05, 4.69) is 15.4 Å². The van der Waals surface area contributed by atoms with Crippen LogP contribution in [0.3, 0.4) is 0 Å². The highest BCUT2D eigenvalue weighted by Crippen LogP contribution is 2.20. The lowest BCUT2D eigenvalue weighted by Crippen LogP contribution is -2.53. The van der Waals surface area contributed by atoms with Crippen LogP contribution in [-0.2, 0) is 20.5 Å². The van der Waals surface area contributed by atoms with E-state index in [-0.39, 0.29) is 5.75 Å². The lowest BCUT2D eigenvalue weighted by molar-refractivity contribution is 0.0281. The summed E-state index contributed by atoms with van der Waals surface area (Å²) in [6.45, 7) is 6.39. The zero-order chi connectivity index (χ0) is 21.2. The molecule has 1 saturated heterocycles. The van der Waals surface area contributed by atoms with Gasteiger partial charge in [0.05, 0.1) is 11.8 Å². The molecule has 0 bridgehead atoms. The van der Waals surface area contributed by atoms with Crippen LogP contribution in [0.25, 0.3) is 0 Å². The van der Waals surface area contributed by atoms with Gasteiger partial charge in [0, 0.05) is 51.9 Å². The summed E-state index contributed by atoms with van der Waals surface area (Å²) in [6.07, 6.45) is 9.01. The van der Waals surface area contributed by atoms with Crippen LogP contribution in [0.15, 0.2) is 21.8 Å². The summed E-state index contributed by atoms with van der Waals surface area (Å²) in [4.78, 5) is 6.86. The second-order valence-electron chi connectivity index (χ2n) is 7.85. The molecule has 2 heterocycles. The number of nitrogens with zero attached hydrogens (tertiary/aromatic N) is 4. The standard InChI is InChI=1S/C20H35N5O4S/c1-2-21-20(22-10-6-15-28-19-7-4-3-5-8-19)24-11-13-25(14-12-24)30(26,27)17-18-9-16-29-23-18/h9,16,19H,2-8,10-15,17H2,1H3,(H,21,22). The molecule has 1 N–H and O–H groups in total. The molecule has 30 heavy (non-hydrogen) atoms. The van der Waals surface area contributed by atoms with Crippen molar-refractivity contribution >= 4 is 16.0 Å². The third-order valence-electron chi connectivity index (χ3n) is 5.56. The Hall–Kier alpha value is -1.65. The minimum atomic E-state index is -3.40. The van der Waals surface area contributed by atoms with Gasteiger partial charge in [-0.25, -0.2) is 8.42 Å². The maximum atomic E-state index is 12.6. The number of ether oxygens (including phenoxy) is 1. The Kier molecular flexibility index (Phi) is 8.95. The number of nitrogens with one attached hydrogen (secondary N) is 1. The van der Waals surface area contributed by atoms with Crippen LogP contribution in [-0.4, -0.2) is 80.7 Å². The van der Waals surface area contributed by atoms with Gasteiger partial charge in [0.15, 0.2) is 5.96 Å². The molecular formula is C20H35N5O4S. The Morgan fingerprint density at radius 2 is 2.03 bits per heavy atom. The quantitative estimate of drug-likeness (QED) is 0.354. The van der Waals surface area contributed by atoms with E-state index in [0.29, 0.717) is 44.5 Å². The predicted octanol–water partition coefficient (Wildman–Crippen LogP) is 1.83. The average Bonchev–Trinajstić information content (AvgIpc) is 3.26. The fourth-order valence-electron chi connectivity index (χ4n) is 3.93. The number of hydrogen-bond donors (Lipinski definition) is 1. The molecular weight excluding hydrogens is 406 g/mol. The van der Waals surface area contributed by atoms with E-state index in [1.807, 2.05) is 6.92 Å². The number of piperazine rings is 1. The Morgan fingerprint density at radius 1 is 1.27 bits per heavy atom. The summed E-state index contributed by atoms with van der Waals surface area (Å²) >= 11 is 0. The topological polar surface area (TPSA) is 100 Å². The smallest absolute Gasteiger partial charge is 0.220 e. The number of aliphatic imine (C=N–C) groups is 1. The maximum Gasteiger partial charge on any atom is 0.220 e. The van der Waals surface area contributed by atoms with E-state index in [9.17, 15) is 8.42 Å². The molecule has 0 aromatic carbocycles. The number of rotatable bonds is 9. The van der Waals surface area contributed by atoms with Crippen LogP contribution in [0.4, 0.5) is 0 Å². The van der Waals surface area contributed by atoms with Crippen molar-refractivity contribution in [3.8, 4) is 0 Å². The second-order valence-corrected chi connectivity index (χ2v) is 9.82.